The van der Waals surface area contributed by atoms with Crippen LogP contribution in [-0.4, -0.2) is 27.0 Å². The van der Waals surface area contributed by atoms with Crippen LogP contribution >= 0.6 is 0 Å². The number of hydrogen-bond acceptors (Lipinski definition) is 4. The highest BCUT2D eigenvalue weighted by Gasteiger charge is 2.30. The molecule has 0 saturated heterocycles. The lowest BCUT2D eigenvalue weighted by Gasteiger charge is -2.01. The zero-order chi connectivity index (χ0) is 15.8. The predicted molar refractivity (Wildman–Crippen MR) is 84.4 cm³/mol. The van der Waals surface area contributed by atoms with Gasteiger partial charge < -0.3 is 14.2 Å². The zero-order valence-corrected chi connectivity index (χ0v) is 13.0. The zero-order valence-electron chi connectivity index (χ0n) is 13.0. The van der Waals surface area contributed by atoms with Crippen LogP contribution in [0.4, 0.5) is 0 Å². The Bertz CT molecular complexity index is 860. The predicted octanol–water partition coefficient (Wildman–Crippen LogP) is 2.48. The second kappa shape index (κ2) is 5.53. The normalized spacial score (nSPS) is 14.3. The minimum Gasteiger partial charge on any atom is -0.361 e. The molecule has 1 saturated carbocycles. The first-order valence-electron chi connectivity index (χ1n) is 7.90. The van der Waals surface area contributed by atoms with Gasteiger partial charge in [0.15, 0.2) is 5.69 Å². The Kier molecular flexibility index (Phi) is 3.37. The molecule has 3 aromatic heterocycles. The Hall–Kier alpha value is -2.63. The van der Waals surface area contributed by atoms with Gasteiger partial charge in [-0.25, -0.2) is 4.98 Å². The number of pyridine rings is 1. The van der Waals surface area contributed by atoms with Crippen molar-refractivity contribution in [3.05, 3.63) is 53.4 Å². The van der Waals surface area contributed by atoms with Crippen molar-refractivity contribution in [1.82, 2.24) is 19.9 Å². The van der Waals surface area contributed by atoms with E-state index in [0.717, 1.165) is 35.6 Å². The van der Waals surface area contributed by atoms with E-state index in [1.54, 1.807) is 0 Å². The number of hydrogen-bond donors (Lipinski definition) is 1. The van der Waals surface area contributed by atoms with Gasteiger partial charge in [0.25, 0.3) is 5.91 Å². The number of aryl methyl sites for hydroxylation is 1. The Labute approximate surface area is 133 Å². The summed E-state index contributed by atoms with van der Waals surface area (Å²) in [5.74, 6) is 2.13. The van der Waals surface area contributed by atoms with Crippen molar-refractivity contribution in [2.24, 2.45) is 0 Å². The molecule has 0 bridgehead atoms. The topological polar surface area (TPSA) is 72.4 Å². The van der Waals surface area contributed by atoms with Gasteiger partial charge in [-0.15, -0.1) is 0 Å². The average Bonchev–Trinajstić information content (AvgIpc) is 3.20. The van der Waals surface area contributed by atoms with E-state index < -0.39 is 0 Å². The maximum Gasteiger partial charge on any atom is 0.272 e. The number of rotatable bonds is 5. The molecule has 1 amide bonds. The number of nitrogens with zero attached hydrogens (tertiary/aromatic N) is 3. The maximum absolute atomic E-state index is 12.5. The van der Waals surface area contributed by atoms with E-state index in [0.29, 0.717) is 24.6 Å². The number of aromatic nitrogens is 3. The lowest BCUT2D eigenvalue weighted by atomic mass is 10.2. The van der Waals surface area contributed by atoms with Crippen LogP contribution in [0.5, 0.6) is 0 Å². The second-order valence-electron chi connectivity index (χ2n) is 5.98. The molecule has 1 N–H and O–H groups in total. The van der Waals surface area contributed by atoms with Gasteiger partial charge in [-0.3, -0.25) is 4.79 Å². The van der Waals surface area contributed by atoms with Gasteiger partial charge in [0, 0.05) is 31.1 Å². The van der Waals surface area contributed by atoms with Gasteiger partial charge in [0.1, 0.15) is 11.6 Å². The number of imidazole rings is 1. The van der Waals surface area contributed by atoms with Crippen molar-refractivity contribution in [2.75, 3.05) is 6.54 Å². The molecule has 0 aromatic carbocycles. The van der Waals surface area contributed by atoms with Gasteiger partial charge in [0.05, 0.1) is 11.2 Å². The van der Waals surface area contributed by atoms with E-state index in [4.69, 9.17) is 4.52 Å². The fourth-order valence-corrected chi connectivity index (χ4v) is 2.78. The molecular weight excluding hydrogens is 292 g/mol. The molecule has 4 rings (SSSR count). The van der Waals surface area contributed by atoms with Crippen LogP contribution in [-0.2, 0) is 6.42 Å². The smallest absolute Gasteiger partial charge is 0.272 e. The summed E-state index contributed by atoms with van der Waals surface area (Å²) >= 11 is 0. The van der Waals surface area contributed by atoms with Crippen molar-refractivity contribution in [1.29, 1.82) is 0 Å². The van der Waals surface area contributed by atoms with Crippen LogP contribution in [0, 0.1) is 6.92 Å². The van der Waals surface area contributed by atoms with Gasteiger partial charge >= 0.3 is 0 Å². The fraction of sp³-hybridized carbons (Fsp3) is 0.353. The summed E-state index contributed by atoms with van der Waals surface area (Å²) in [4.78, 5) is 17.1. The first-order chi connectivity index (χ1) is 11.2. The molecule has 1 fully saturated rings. The molecule has 6 heteroatoms. The minimum atomic E-state index is -0.138. The van der Waals surface area contributed by atoms with Crippen LogP contribution in [0.3, 0.4) is 0 Å². The third kappa shape index (κ3) is 2.72. The van der Waals surface area contributed by atoms with E-state index in [2.05, 4.69) is 15.5 Å². The molecular formula is C17H18N4O2. The van der Waals surface area contributed by atoms with Crippen molar-refractivity contribution >= 4 is 11.4 Å². The van der Waals surface area contributed by atoms with Gasteiger partial charge in [-0.1, -0.05) is 11.2 Å². The molecule has 0 unspecified atom stereocenters. The van der Waals surface area contributed by atoms with Crippen molar-refractivity contribution in [3.63, 3.8) is 0 Å². The van der Waals surface area contributed by atoms with Gasteiger partial charge in [0.2, 0.25) is 0 Å². The molecule has 1 aliphatic rings. The van der Waals surface area contributed by atoms with E-state index in [9.17, 15) is 4.79 Å². The largest absolute Gasteiger partial charge is 0.361 e. The van der Waals surface area contributed by atoms with E-state index in [1.165, 1.54) is 0 Å². The van der Waals surface area contributed by atoms with Crippen LogP contribution in [0.1, 0.15) is 46.5 Å². The summed E-state index contributed by atoms with van der Waals surface area (Å²) in [7, 11) is 0. The van der Waals surface area contributed by atoms with Crippen molar-refractivity contribution in [3.8, 4) is 0 Å². The first kappa shape index (κ1) is 14.0. The number of carbonyl (C=O) groups excluding carboxylic acids is 1. The van der Waals surface area contributed by atoms with Crippen molar-refractivity contribution in [2.45, 2.75) is 32.1 Å². The third-order valence-corrected chi connectivity index (χ3v) is 4.08. The Morgan fingerprint density at radius 1 is 1.43 bits per heavy atom. The lowest BCUT2D eigenvalue weighted by molar-refractivity contribution is 0.0951. The lowest BCUT2D eigenvalue weighted by Crippen LogP contribution is -2.26. The Balaban J connectivity index is 1.50. The second-order valence-corrected chi connectivity index (χ2v) is 5.98. The molecule has 0 radical (unpaired) electrons. The SMILES string of the molecule is Cc1cc(CCNC(=O)c2nc(C3CC3)n3ccccc23)no1. The summed E-state index contributed by atoms with van der Waals surface area (Å²) in [5, 5.41) is 6.85. The Morgan fingerprint density at radius 2 is 2.30 bits per heavy atom. The molecule has 118 valence electrons. The van der Waals surface area contributed by atoms with E-state index in [1.807, 2.05) is 41.8 Å². The number of carbonyl (C=O) groups is 1. The molecule has 0 aliphatic heterocycles. The molecule has 0 atom stereocenters. The summed E-state index contributed by atoms with van der Waals surface area (Å²) in [5.41, 5.74) is 2.21. The first-order valence-corrected chi connectivity index (χ1v) is 7.90. The highest BCUT2D eigenvalue weighted by molar-refractivity contribution is 5.99. The highest BCUT2D eigenvalue weighted by Crippen LogP contribution is 2.39. The number of fused-ring (bicyclic) bond motifs is 1. The Morgan fingerprint density at radius 3 is 3.04 bits per heavy atom. The number of nitrogens with one attached hydrogen (secondary N) is 1. The summed E-state index contributed by atoms with van der Waals surface area (Å²) in [6.45, 7) is 2.36. The molecule has 3 heterocycles. The molecule has 3 aromatic rings. The van der Waals surface area contributed by atoms with Crippen LogP contribution < -0.4 is 5.32 Å². The maximum atomic E-state index is 12.5. The van der Waals surface area contributed by atoms with E-state index in [-0.39, 0.29) is 5.91 Å². The fourth-order valence-electron chi connectivity index (χ4n) is 2.78. The standard InChI is InChI=1S/C17H18N4O2/c1-11-10-13(20-23-11)7-8-18-17(22)15-14-4-2-3-9-21(14)16(19-15)12-5-6-12/h2-4,9-10,12H,5-8H2,1H3,(H,18,22). The van der Waals surface area contributed by atoms with E-state index >= 15 is 0 Å². The molecule has 23 heavy (non-hydrogen) atoms. The third-order valence-electron chi connectivity index (χ3n) is 4.08. The molecule has 1 aliphatic carbocycles. The van der Waals surface area contributed by atoms with Gasteiger partial charge in [-0.2, -0.15) is 0 Å². The van der Waals surface area contributed by atoms with Crippen LogP contribution in [0.2, 0.25) is 0 Å². The summed E-state index contributed by atoms with van der Waals surface area (Å²) in [6, 6.07) is 7.72. The van der Waals surface area contributed by atoms with Crippen molar-refractivity contribution < 1.29 is 9.32 Å². The quantitative estimate of drug-likeness (QED) is 0.786. The van der Waals surface area contributed by atoms with Crippen LogP contribution in [0.15, 0.2) is 35.0 Å². The summed E-state index contributed by atoms with van der Waals surface area (Å²) in [6.07, 6.45) is 4.93. The summed E-state index contributed by atoms with van der Waals surface area (Å²) < 4.78 is 7.06. The van der Waals surface area contributed by atoms with Crippen LogP contribution in [0.25, 0.3) is 5.52 Å². The average molecular weight is 310 g/mol. The molecule has 0 spiro atoms. The molecule has 6 nitrogen and oxygen atoms in total. The minimum absolute atomic E-state index is 0.138. The highest BCUT2D eigenvalue weighted by atomic mass is 16.5. The number of amides is 1. The van der Waals surface area contributed by atoms with Gasteiger partial charge in [-0.05, 0) is 31.9 Å². The monoisotopic (exact) mass is 310 g/mol.